The van der Waals surface area contributed by atoms with Crippen LogP contribution >= 0.6 is 0 Å². The second-order valence-electron chi connectivity index (χ2n) is 5.51. The summed E-state index contributed by atoms with van der Waals surface area (Å²) >= 11 is 0. The van der Waals surface area contributed by atoms with Gasteiger partial charge in [0.1, 0.15) is 17.6 Å². The number of methoxy groups -OCH3 is 2. The maximum absolute atomic E-state index is 12.6. The molecule has 0 amide bonds. The SMILES string of the molecule is COC1=C(O)C(=O)c2c(O)c3c(c(OC)c2C1=O)C=C(C)O[C@@H]3C. The number of hydrogen-bond donors (Lipinski definition) is 2. The summed E-state index contributed by atoms with van der Waals surface area (Å²) in [7, 11) is 2.53. The predicted octanol–water partition coefficient (Wildman–Crippen LogP) is 2.65. The molecular weight excluding hydrogens is 316 g/mol. The zero-order valence-corrected chi connectivity index (χ0v) is 13.6. The highest BCUT2D eigenvalue weighted by Crippen LogP contribution is 2.48. The number of allylic oxidation sites excluding steroid dienone is 3. The number of aliphatic hydroxyl groups excluding tert-OH is 1. The summed E-state index contributed by atoms with van der Waals surface area (Å²) in [5.41, 5.74) is 0.345. The van der Waals surface area contributed by atoms with Crippen molar-refractivity contribution >= 4 is 17.6 Å². The fourth-order valence-electron chi connectivity index (χ4n) is 3.16. The average molecular weight is 332 g/mol. The molecule has 1 aliphatic heterocycles. The number of aliphatic hydroxyl groups is 1. The van der Waals surface area contributed by atoms with Gasteiger partial charge in [-0.1, -0.05) is 0 Å². The van der Waals surface area contributed by atoms with Crippen molar-refractivity contribution in [2.75, 3.05) is 14.2 Å². The summed E-state index contributed by atoms with van der Waals surface area (Å²) in [4.78, 5) is 25.1. The van der Waals surface area contributed by atoms with Crippen LogP contribution in [0.25, 0.3) is 6.08 Å². The normalized spacial score (nSPS) is 19.3. The number of phenols is 1. The number of aromatic hydroxyl groups is 1. The molecule has 7 heteroatoms. The van der Waals surface area contributed by atoms with E-state index in [0.29, 0.717) is 16.9 Å². The monoisotopic (exact) mass is 332 g/mol. The molecule has 0 fully saturated rings. The van der Waals surface area contributed by atoms with Gasteiger partial charge in [-0.2, -0.15) is 0 Å². The molecule has 2 aliphatic rings. The minimum Gasteiger partial charge on any atom is -0.507 e. The lowest BCUT2D eigenvalue weighted by molar-refractivity contribution is 0.0847. The Morgan fingerprint density at radius 2 is 1.75 bits per heavy atom. The van der Waals surface area contributed by atoms with Gasteiger partial charge in [-0.05, 0) is 19.9 Å². The van der Waals surface area contributed by atoms with Crippen molar-refractivity contribution in [1.82, 2.24) is 0 Å². The fraction of sp³-hybridized carbons (Fsp3) is 0.294. The molecule has 1 aromatic rings. The summed E-state index contributed by atoms with van der Waals surface area (Å²) in [5.74, 6) is -2.66. The summed E-state index contributed by atoms with van der Waals surface area (Å²) < 4.78 is 15.8. The summed E-state index contributed by atoms with van der Waals surface area (Å²) in [6, 6.07) is 0. The van der Waals surface area contributed by atoms with Gasteiger partial charge in [-0.25, -0.2) is 0 Å². The lowest BCUT2D eigenvalue weighted by Crippen LogP contribution is -2.26. The number of ether oxygens (including phenoxy) is 3. The zero-order valence-electron chi connectivity index (χ0n) is 13.6. The molecule has 0 aromatic heterocycles. The second-order valence-corrected chi connectivity index (χ2v) is 5.51. The first-order valence-electron chi connectivity index (χ1n) is 7.21. The number of carbonyl (C=O) groups excluding carboxylic acids is 2. The Kier molecular flexibility index (Phi) is 3.51. The van der Waals surface area contributed by atoms with Gasteiger partial charge in [0.2, 0.25) is 23.1 Å². The first kappa shape index (κ1) is 15.9. The summed E-state index contributed by atoms with van der Waals surface area (Å²) in [6.45, 7) is 3.43. The van der Waals surface area contributed by atoms with Crippen LogP contribution in [0.4, 0.5) is 0 Å². The highest BCUT2D eigenvalue weighted by molar-refractivity contribution is 6.27. The maximum Gasteiger partial charge on any atom is 0.236 e. The molecule has 1 aliphatic carbocycles. The van der Waals surface area contributed by atoms with E-state index in [1.165, 1.54) is 14.2 Å². The van der Waals surface area contributed by atoms with Gasteiger partial charge < -0.3 is 24.4 Å². The molecule has 0 spiro atoms. The number of ketones is 2. The zero-order chi connectivity index (χ0) is 17.8. The van der Waals surface area contributed by atoms with E-state index in [2.05, 4.69) is 0 Å². The van der Waals surface area contributed by atoms with Crippen LogP contribution in [0.15, 0.2) is 17.3 Å². The van der Waals surface area contributed by atoms with Crippen LogP contribution in [0.2, 0.25) is 0 Å². The first-order chi connectivity index (χ1) is 11.3. The van der Waals surface area contributed by atoms with Crippen LogP contribution in [0, 0.1) is 0 Å². The molecule has 1 atom stereocenters. The van der Waals surface area contributed by atoms with Crippen molar-refractivity contribution in [2.45, 2.75) is 20.0 Å². The minimum atomic E-state index is -0.904. The van der Waals surface area contributed by atoms with E-state index >= 15 is 0 Å². The smallest absolute Gasteiger partial charge is 0.236 e. The topological polar surface area (TPSA) is 102 Å². The summed E-state index contributed by atoms with van der Waals surface area (Å²) in [5, 5.41) is 20.6. The highest BCUT2D eigenvalue weighted by atomic mass is 16.5. The van der Waals surface area contributed by atoms with Gasteiger partial charge in [0.25, 0.3) is 0 Å². The number of carbonyl (C=O) groups is 2. The molecular formula is C17H16O7. The molecule has 126 valence electrons. The van der Waals surface area contributed by atoms with Crippen LogP contribution in [0.5, 0.6) is 11.5 Å². The van der Waals surface area contributed by atoms with E-state index in [-0.39, 0.29) is 16.9 Å². The average Bonchev–Trinajstić information content (AvgIpc) is 2.52. The quantitative estimate of drug-likeness (QED) is 0.858. The third-order valence-corrected chi connectivity index (χ3v) is 4.12. The Labute approximate surface area is 137 Å². The van der Waals surface area contributed by atoms with Gasteiger partial charge >= 0.3 is 0 Å². The van der Waals surface area contributed by atoms with Crippen LogP contribution in [-0.4, -0.2) is 36.0 Å². The van der Waals surface area contributed by atoms with Crippen LogP contribution in [0.1, 0.15) is 51.8 Å². The Morgan fingerprint density at radius 3 is 2.33 bits per heavy atom. The van der Waals surface area contributed by atoms with E-state index in [4.69, 9.17) is 14.2 Å². The third kappa shape index (κ3) is 1.90. The van der Waals surface area contributed by atoms with Crippen molar-refractivity contribution in [3.63, 3.8) is 0 Å². The van der Waals surface area contributed by atoms with Crippen molar-refractivity contribution in [2.24, 2.45) is 0 Å². The van der Waals surface area contributed by atoms with Crippen molar-refractivity contribution < 1.29 is 34.0 Å². The number of phenolic OH excluding ortho intramolecular Hbond substituents is 1. The number of Topliss-reactive ketones (excluding diaryl/α,β-unsaturated/α-hetero) is 2. The number of fused-ring (bicyclic) bond motifs is 2. The lowest BCUT2D eigenvalue weighted by Gasteiger charge is -2.29. The van der Waals surface area contributed by atoms with E-state index in [0.717, 1.165) is 0 Å². The van der Waals surface area contributed by atoms with Gasteiger partial charge in [-0.3, -0.25) is 9.59 Å². The highest BCUT2D eigenvalue weighted by Gasteiger charge is 2.42. The number of benzene rings is 1. The molecule has 2 N–H and O–H groups in total. The molecule has 1 aromatic carbocycles. The van der Waals surface area contributed by atoms with Crippen molar-refractivity contribution in [3.05, 3.63) is 39.5 Å². The van der Waals surface area contributed by atoms with Crippen LogP contribution in [-0.2, 0) is 9.47 Å². The molecule has 3 rings (SSSR count). The molecule has 0 radical (unpaired) electrons. The van der Waals surface area contributed by atoms with Crippen molar-refractivity contribution in [3.8, 4) is 11.5 Å². The molecule has 1 heterocycles. The molecule has 0 bridgehead atoms. The molecule has 0 saturated carbocycles. The number of hydrogen-bond acceptors (Lipinski definition) is 7. The largest absolute Gasteiger partial charge is 0.507 e. The summed E-state index contributed by atoms with van der Waals surface area (Å²) in [6.07, 6.45) is 1.07. The minimum absolute atomic E-state index is 0.132. The first-order valence-corrected chi connectivity index (χ1v) is 7.21. The molecule has 24 heavy (non-hydrogen) atoms. The molecule has 0 unspecified atom stereocenters. The Bertz CT molecular complexity index is 845. The second kappa shape index (κ2) is 5.30. The number of rotatable bonds is 2. The van der Waals surface area contributed by atoms with E-state index in [9.17, 15) is 19.8 Å². The standard InChI is InChI=1S/C17H16O7/c1-6-5-8-9(7(2)24-6)12(18)10-11(16(8)22-3)14(20)17(23-4)15(21)13(10)19/h5,7,18,21H,1-4H3/t7-/m1/s1. The third-order valence-electron chi connectivity index (χ3n) is 4.12. The van der Waals surface area contributed by atoms with Gasteiger partial charge in [0, 0.05) is 11.1 Å². The van der Waals surface area contributed by atoms with Gasteiger partial charge in [0.15, 0.2) is 0 Å². The Hall–Kier alpha value is -2.96. The van der Waals surface area contributed by atoms with Gasteiger partial charge in [-0.15, -0.1) is 0 Å². The Morgan fingerprint density at radius 1 is 1.08 bits per heavy atom. The lowest BCUT2D eigenvalue weighted by atomic mass is 9.84. The fourth-order valence-corrected chi connectivity index (χ4v) is 3.16. The molecule has 0 saturated heterocycles. The Balaban J connectivity index is 2.46. The van der Waals surface area contributed by atoms with E-state index < -0.39 is 34.9 Å². The van der Waals surface area contributed by atoms with E-state index in [1.54, 1.807) is 19.9 Å². The maximum atomic E-state index is 12.6. The van der Waals surface area contributed by atoms with Crippen LogP contribution < -0.4 is 4.74 Å². The molecule has 7 nitrogen and oxygen atoms in total. The van der Waals surface area contributed by atoms with Gasteiger partial charge in [0.05, 0.1) is 31.1 Å². The van der Waals surface area contributed by atoms with Crippen molar-refractivity contribution in [1.29, 1.82) is 0 Å². The van der Waals surface area contributed by atoms with Crippen LogP contribution in [0.3, 0.4) is 0 Å². The predicted molar refractivity (Wildman–Crippen MR) is 83.1 cm³/mol. The van der Waals surface area contributed by atoms with E-state index in [1.807, 2.05) is 0 Å².